The van der Waals surface area contributed by atoms with Gasteiger partial charge in [0.25, 0.3) is 0 Å². The number of carbonyl (C=O) groups is 1. The molecule has 2 aromatic carbocycles. The molecule has 0 radical (unpaired) electrons. The van der Waals surface area contributed by atoms with Gasteiger partial charge in [-0.1, -0.05) is 49.9 Å². The van der Waals surface area contributed by atoms with E-state index in [0.717, 1.165) is 30.0 Å². The fourth-order valence-electron chi connectivity index (χ4n) is 2.28. The maximum Gasteiger partial charge on any atom is 0.248 e. The monoisotopic (exact) mass is 357 g/mol. The molecule has 0 saturated heterocycles. The Labute approximate surface area is 154 Å². The molecule has 25 heavy (non-hydrogen) atoms. The van der Waals surface area contributed by atoms with E-state index in [1.807, 2.05) is 36.4 Å². The highest BCUT2D eigenvalue weighted by Crippen LogP contribution is 2.16. The number of carbonyl (C=O) groups excluding carboxylic acids is 1. The lowest BCUT2D eigenvalue weighted by Crippen LogP contribution is -2.07. The first kappa shape index (κ1) is 19.1. The third-order valence-corrected chi connectivity index (χ3v) is 3.94. The van der Waals surface area contributed by atoms with Crippen molar-refractivity contribution in [1.29, 1.82) is 0 Å². The highest BCUT2D eigenvalue weighted by Gasteiger charge is 1.99. The van der Waals surface area contributed by atoms with Gasteiger partial charge in [0.05, 0.1) is 6.61 Å². The fourth-order valence-corrected chi connectivity index (χ4v) is 2.41. The number of anilines is 1. The molecule has 0 bridgehead atoms. The number of halogens is 1. The van der Waals surface area contributed by atoms with E-state index in [9.17, 15) is 4.79 Å². The summed E-state index contributed by atoms with van der Waals surface area (Å²) in [6.45, 7) is 2.92. The van der Waals surface area contributed by atoms with Gasteiger partial charge in [0.1, 0.15) is 5.75 Å². The molecule has 0 heterocycles. The van der Waals surface area contributed by atoms with Gasteiger partial charge in [0, 0.05) is 16.8 Å². The average molecular weight is 358 g/mol. The Morgan fingerprint density at radius 2 is 1.76 bits per heavy atom. The summed E-state index contributed by atoms with van der Waals surface area (Å²) in [6, 6.07) is 14.7. The summed E-state index contributed by atoms with van der Waals surface area (Å²) in [4.78, 5) is 12.0. The zero-order valence-corrected chi connectivity index (χ0v) is 15.3. The maximum absolute atomic E-state index is 12.0. The van der Waals surface area contributed by atoms with Gasteiger partial charge < -0.3 is 10.1 Å². The molecule has 1 amide bonds. The van der Waals surface area contributed by atoms with Crippen molar-refractivity contribution in [1.82, 2.24) is 0 Å². The van der Waals surface area contributed by atoms with Gasteiger partial charge in [0.15, 0.2) is 0 Å². The van der Waals surface area contributed by atoms with Crippen molar-refractivity contribution >= 4 is 29.3 Å². The molecule has 3 nitrogen and oxygen atoms in total. The average Bonchev–Trinajstić information content (AvgIpc) is 2.62. The van der Waals surface area contributed by atoms with E-state index in [2.05, 4.69) is 12.2 Å². The normalized spacial score (nSPS) is 10.8. The molecule has 0 aliphatic carbocycles. The van der Waals surface area contributed by atoms with Crippen LogP contribution in [0, 0.1) is 0 Å². The lowest BCUT2D eigenvalue weighted by atomic mass is 10.2. The van der Waals surface area contributed by atoms with Gasteiger partial charge >= 0.3 is 0 Å². The molecule has 0 aromatic heterocycles. The largest absolute Gasteiger partial charge is 0.494 e. The van der Waals surface area contributed by atoms with Gasteiger partial charge in [-0.25, -0.2) is 0 Å². The predicted octanol–water partition coefficient (Wildman–Crippen LogP) is 5.95. The molecule has 0 fully saturated rings. The first-order chi connectivity index (χ1) is 12.2. The Morgan fingerprint density at radius 1 is 1.04 bits per heavy atom. The Morgan fingerprint density at radius 3 is 2.44 bits per heavy atom. The van der Waals surface area contributed by atoms with Crippen LogP contribution in [0.25, 0.3) is 6.08 Å². The molecule has 132 valence electrons. The summed E-state index contributed by atoms with van der Waals surface area (Å²) >= 11 is 5.83. The van der Waals surface area contributed by atoms with Crippen molar-refractivity contribution in [2.24, 2.45) is 0 Å². The molecule has 0 unspecified atom stereocenters. The van der Waals surface area contributed by atoms with Gasteiger partial charge in [0.2, 0.25) is 5.91 Å². The van der Waals surface area contributed by atoms with E-state index in [-0.39, 0.29) is 5.91 Å². The van der Waals surface area contributed by atoms with Crippen molar-refractivity contribution in [2.75, 3.05) is 11.9 Å². The van der Waals surface area contributed by atoms with E-state index in [0.29, 0.717) is 5.02 Å². The highest BCUT2D eigenvalue weighted by atomic mass is 35.5. The minimum atomic E-state index is -0.178. The lowest BCUT2D eigenvalue weighted by Gasteiger charge is -2.07. The molecule has 1 N–H and O–H groups in total. The number of benzene rings is 2. The van der Waals surface area contributed by atoms with Crippen LogP contribution in [-0.2, 0) is 4.79 Å². The first-order valence-corrected chi connectivity index (χ1v) is 9.02. The zero-order chi connectivity index (χ0) is 17.9. The minimum absolute atomic E-state index is 0.178. The number of hydrogen-bond donors (Lipinski definition) is 1. The molecule has 0 atom stereocenters. The SMILES string of the molecule is CCCCCCOc1ccc(NC(=O)/C=C/c2ccc(Cl)cc2)cc1. The van der Waals surface area contributed by atoms with Gasteiger partial charge in [-0.05, 0) is 54.5 Å². The van der Waals surface area contributed by atoms with Crippen LogP contribution in [0.15, 0.2) is 54.6 Å². The molecular weight excluding hydrogens is 334 g/mol. The molecule has 0 saturated carbocycles. The Balaban J connectivity index is 1.78. The summed E-state index contributed by atoms with van der Waals surface area (Å²) in [5.74, 6) is 0.648. The van der Waals surface area contributed by atoms with E-state index in [4.69, 9.17) is 16.3 Å². The number of unbranched alkanes of at least 4 members (excludes halogenated alkanes) is 3. The standard InChI is InChI=1S/C21H24ClNO2/c1-2-3-4-5-16-25-20-13-11-19(12-14-20)23-21(24)15-8-17-6-9-18(22)10-7-17/h6-15H,2-5,16H2,1H3,(H,23,24)/b15-8+. The van der Waals surface area contributed by atoms with Gasteiger partial charge in [-0.15, -0.1) is 0 Å². The van der Waals surface area contributed by atoms with Crippen LogP contribution in [0.3, 0.4) is 0 Å². The maximum atomic E-state index is 12.0. The summed E-state index contributed by atoms with van der Waals surface area (Å²) < 4.78 is 5.69. The van der Waals surface area contributed by atoms with Crippen LogP contribution in [0.4, 0.5) is 5.69 Å². The van der Waals surface area contributed by atoms with Crippen molar-refractivity contribution in [3.05, 3.63) is 65.2 Å². The van der Waals surface area contributed by atoms with Crippen molar-refractivity contribution in [2.45, 2.75) is 32.6 Å². The number of amides is 1. The van der Waals surface area contributed by atoms with E-state index >= 15 is 0 Å². The van der Waals surface area contributed by atoms with Crippen LogP contribution < -0.4 is 10.1 Å². The molecule has 4 heteroatoms. The third-order valence-electron chi connectivity index (χ3n) is 3.69. The quantitative estimate of drug-likeness (QED) is 0.444. The second kappa shape index (κ2) is 10.6. The summed E-state index contributed by atoms with van der Waals surface area (Å²) in [5, 5.41) is 3.50. The van der Waals surface area contributed by atoms with E-state index in [1.54, 1.807) is 18.2 Å². The van der Waals surface area contributed by atoms with Gasteiger partial charge in [-0.3, -0.25) is 4.79 Å². The summed E-state index contributed by atoms with van der Waals surface area (Å²) in [7, 11) is 0. The van der Waals surface area contributed by atoms with E-state index < -0.39 is 0 Å². The van der Waals surface area contributed by atoms with Crippen LogP contribution in [0.1, 0.15) is 38.2 Å². The summed E-state index contributed by atoms with van der Waals surface area (Å²) in [6.07, 6.45) is 7.99. The van der Waals surface area contributed by atoms with Crippen molar-refractivity contribution in [3.63, 3.8) is 0 Å². The molecular formula is C21H24ClNO2. The van der Waals surface area contributed by atoms with Crippen LogP contribution in [0.2, 0.25) is 5.02 Å². The Bertz CT molecular complexity index is 678. The molecule has 0 spiro atoms. The second-order valence-electron chi connectivity index (χ2n) is 5.81. The van der Waals surface area contributed by atoms with Crippen LogP contribution in [-0.4, -0.2) is 12.5 Å². The number of nitrogens with one attached hydrogen (secondary N) is 1. The lowest BCUT2D eigenvalue weighted by molar-refractivity contribution is -0.111. The fraction of sp³-hybridized carbons (Fsp3) is 0.286. The second-order valence-corrected chi connectivity index (χ2v) is 6.24. The molecule has 2 rings (SSSR count). The summed E-state index contributed by atoms with van der Waals surface area (Å²) in [5.41, 5.74) is 1.66. The number of ether oxygens (including phenoxy) is 1. The smallest absolute Gasteiger partial charge is 0.248 e. The topological polar surface area (TPSA) is 38.3 Å². The molecule has 0 aliphatic heterocycles. The number of rotatable bonds is 9. The van der Waals surface area contributed by atoms with Crippen LogP contribution >= 0.6 is 11.6 Å². The predicted molar refractivity (Wildman–Crippen MR) is 105 cm³/mol. The Kier molecular flexibility index (Phi) is 8.06. The highest BCUT2D eigenvalue weighted by molar-refractivity contribution is 6.30. The molecule has 0 aliphatic rings. The van der Waals surface area contributed by atoms with E-state index in [1.165, 1.54) is 25.3 Å². The van der Waals surface area contributed by atoms with Crippen molar-refractivity contribution in [3.8, 4) is 5.75 Å². The zero-order valence-electron chi connectivity index (χ0n) is 14.5. The van der Waals surface area contributed by atoms with Crippen molar-refractivity contribution < 1.29 is 9.53 Å². The first-order valence-electron chi connectivity index (χ1n) is 8.65. The van der Waals surface area contributed by atoms with Crippen LogP contribution in [0.5, 0.6) is 5.75 Å². The Hall–Kier alpha value is -2.26. The third kappa shape index (κ3) is 7.44. The minimum Gasteiger partial charge on any atom is -0.494 e. The van der Waals surface area contributed by atoms with Gasteiger partial charge in [-0.2, -0.15) is 0 Å². The molecule has 2 aromatic rings. The number of hydrogen-bond acceptors (Lipinski definition) is 2.